The van der Waals surface area contributed by atoms with Crippen molar-refractivity contribution in [2.45, 2.75) is 19.3 Å². The average Bonchev–Trinajstić information content (AvgIpc) is 3.05. The highest BCUT2D eigenvalue weighted by Crippen LogP contribution is 2.28. The SMILES string of the molecule is Nc1nc2nc(-c3ccccc3O)cn2cc1/C=C/CC1CCNCC1. The zero-order valence-electron chi connectivity index (χ0n) is 14.6. The first-order valence-corrected chi connectivity index (χ1v) is 9.01. The van der Waals surface area contributed by atoms with Gasteiger partial charge in [-0.1, -0.05) is 24.3 Å². The Morgan fingerprint density at radius 3 is 2.81 bits per heavy atom. The molecule has 1 aliphatic heterocycles. The van der Waals surface area contributed by atoms with Crippen molar-refractivity contribution in [3.63, 3.8) is 0 Å². The number of phenolic OH excluding ortho intramolecular Hbond substituents is 1. The second kappa shape index (κ2) is 7.17. The number of para-hydroxylation sites is 1. The van der Waals surface area contributed by atoms with E-state index in [9.17, 15) is 5.11 Å². The maximum absolute atomic E-state index is 10.0. The predicted octanol–water partition coefficient (Wildman–Crippen LogP) is 3.09. The summed E-state index contributed by atoms with van der Waals surface area (Å²) in [6, 6.07) is 7.14. The summed E-state index contributed by atoms with van der Waals surface area (Å²) in [5.41, 5.74) is 8.34. The van der Waals surface area contributed by atoms with Crippen LogP contribution in [0.3, 0.4) is 0 Å². The number of phenols is 1. The molecule has 2 aromatic heterocycles. The summed E-state index contributed by atoms with van der Waals surface area (Å²) in [4.78, 5) is 8.88. The van der Waals surface area contributed by atoms with Gasteiger partial charge in [-0.2, -0.15) is 4.98 Å². The Balaban J connectivity index is 1.58. The Bertz CT molecular complexity index is 941. The topological polar surface area (TPSA) is 88.5 Å². The number of nitrogens with two attached hydrogens (primary N) is 1. The lowest BCUT2D eigenvalue weighted by molar-refractivity contribution is 0.378. The summed E-state index contributed by atoms with van der Waals surface area (Å²) >= 11 is 0. The minimum atomic E-state index is 0.200. The normalized spacial score (nSPS) is 15.8. The summed E-state index contributed by atoms with van der Waals surface area (Å²) in [7, 11) is 0. The van der Waals surface area contributed by atoms with E-state index in [2.05, 4.69) is 21.4 Å². The minimum absolute atomic E-state index is 0.200. The number of imidazole rings is 1. The van der Waals surface area contributed by atoms with Gasteiger partial charge >= 0.3 is 0 Å². The summed E-state index contributed by atoms with van der Waals surface area (Å²) in [6.45, 7) is 2.22. The van der Waals surface area contributed by atoms with Crippen molar-refractivity contribution in [2.24, 2.45) is 5.92 Å². The molecule has 1 saturated heterocycles. The van der Waals surface area contributed by atoms with Crippen LogP contribution in [0, 0.1) is 5.92 Å². The molecule has 3 aromatic rings. The molecule has 134 valence electrons. The molecule has 6 heteroatoms. The van der Waals surface area contributed by atoms with Crippen LogP contribution >= 0.6 is 0 Å². The third kappa shape index (κ3) is 3.41. The molecule has 3 heterocycles. The second-order valence-electron chi connectivity index (χ2n) is 6.76. The fraction of sp³-hybridized carbons (Fsp3) is 0.300. The largest absolute Gasteiger partial charge is 0.507 e. The number of benzene rings is 1. The molecule has 4 rings (SSSR count). The van der Waals surface area contributed by atoms with Crippen molar-refractivity contribution in [1.82, 2.24) is 19.7 Å². The number of aromatic hydroxyl groups is 1. The van der Waals surface area contributed by atoms with Crippen molar-refractivity contribution in [3.8, 4) is 17.0 Å². The zero-order valence-corrected chi connectivity index (χ0v) is 14.6. The molecule has 0 saturated carbocycles. The number of anilines is 1. The van der Waals surface area contributed by atoms with Gasteiger partial charge in [0.2, 0.25) is 5.78 Å². The fourth-order valence-corrected chi connectivity index (χ4v) is 3.40. The van der Waals surface area contributed by atoms with Crippen LogP contribution in [-0.2, 0) is 0 Å². The Morgan fingerprint density at radius 2 is 2.00 bits per heavy atom. The monoisotopic (exact) mass is 349 g/mol. The van der Waals surface area contributed by atoms with Crippen LogP contribution in [0.2, 0.25) is 0 Å². The van der Waals surface area contributed by atoms with E-state index in [0.29, 0.717) is 22.9 Å². The van der Waals surface area contributed by atoms with Gasteiger partial charge in [0, 0.05) is 23.5 Å². The van der Waals surface area contributed by atoms with Crippen LogP contribution in [0.4, 0.5) is 5.82 Å². The van der Waals surface area contributed by atoms with Crippen LogP contribution in [-0.4, -0.2) is 32.6 Å². The van der Waals surface area contributed by atoms with Crippen molar-refractivity contribution in [3.05, 3.63) is 48.3 Å². The highest BCUT2D eigenvalue weighted by atomic mass is 16.3. The molecular formula is C20H23N5O. The van der Waals surface area contributed by atoms with E-state index in [-0.39, 0.29) is 5.75 Å². The number of piperidine rings is 1. The Hall–Kier alpha value is -2.86. The van der Waals surface area contributed by atoms with E-state index < -0.39 is 0 Å². The second-order valence-corrected chi connectivity index (χ2v) is 6.76. The number of rotatable bonds is 4. The van der Waals surface area contributed by atoms with Crippen LogP contribution in [0.5, 0.6) is 5.75 Å². The van der Waals surface area contributed by atoms with Gasteiger partial charge in [0.05, 0.1) is 5.69 Å². The van der Waals surface area contributed by atoms with Crippen molar-refractivity contribution in [2.75, 3.05) is 18.8 Å². The van der Waals surface area contributed by atoms with Gasteiger partial charge in [-0.25, -0.2) is 4.98 Å². The molecule has 0 atom stereocenters. The molecular weight excluding hydrogens is 326 g/mol. The van der Waals surface area contributed by atoms with Gasteiger partial charge < -0.3 is 16.2 Å². The number of aromatic nitrogens is 3. The van der Waals surface area contributed by atoms with Crippen LogP contribution < -0.4 is 11.1 Å². The van der Waals surface area contributed by atoms with Crippen molar-refractivity contribution in [1.29, 1.82) is 0 Å². The van der Waals surface area contributed by atoms with Crippen LogP contribution in [0.25, 0.3) is 23.1 Å². The predicted molar refractivity (Wildman–Crippen MR) is 104 cm³/mol. The molecule has 4 N–H and O–H groups in total. The average molecular weight is 349 g/mol. The Morgan fingerprint density at radius 1 is 1.19 bits per heavy atom. The number of nitrogens with zero attached hydrogens (tertiary/aromatic N) is 3. The third-order valence-electron chi connectivity index (χ3n) is 4.91. The first kappa shape index (κ1) is 16.6. The number of fused-ring (bicyclic) bond motifs is 1. The molecule has 1 fully saturated rings. The van der Waals surface area contributed by atoms with Gasteiger partial charge in [-0.15, -0.1) is 0 Å². The number of hydrogen-bond acceptors (Lipinski definition) is 5. The summed E-state index contributed by atoms with van der Waals surface area (Å²) < 4.78 is 1.85. The van der Waals surface area contributed by atoms with Crippen LogP contribution in [0.15, 0.2) is 42.7 Å². The first-order valence-electron chi connectivity index (χ1n) is 9.01. The molecule has 0 unspecified atom stereocenters. The summed E-state index contributed by atoms with van der Waals surface area (Å²) in [6.07, 6.45) is 11.5. The standard InChI is InChI=1S/C20H23N5O/c21-19-15(5-3-4-14-8-10-22-11-9-14)12-25-13-17(23-20(25)24-19)16-6-1-2-7-18(16)26/h1-3,5-7,12-14,22,26H,4,8-11H2,(H2,21,23,24)/b5-3+. The summed E-state index contributed by atoms with van der Waals surface area (Å²) in [5.74, 6) is 1.93. The molecule has 0 radical (unpaired) electrons. The first-order chi connectivity index (χ1) is 12.7. The van der Waals surface area contributed by atoms with Crippen LogP contribution in [0.1, 0.15) is 24.8 Å². The number of allylic oxidation sites excluding steroid dienone is 1. The smallest absolute Gasteiger partial charge is 0.236 e. The molecule has 1 aromatic carbocycles. The number of nitrogens with one attached hydrogen (secondary N) is 1. The van der Waals surface area contributed by atoms with Gasteiger partial charge in [0.1, 0.15) is 11.6 Å². The van der Waals surface area contributed by atoms with Gasteiger partial charge in [0.25, 0.3) is 0 Å². The zero-order chi connectivity index (χ0) is 17.9. The lowest BCUT2D eigenvalue weighted by atomic mass is 9.94. The molecule has 0 aliphatic carbocycles. The van der Waals surface area contributed by atoms with E-state index in [4.69, 9.17) is 5.73 Å². The molecule has 6 nitrogen and oxygen atoms in total. The Kier molecular flexibility index (Phi) is 4.58. The fourth-order valence-electron chi connectivity index (χ4n) is 3.40. The van der Waals surface area contributed by atoms with Crippen molar-refractivity contribution >= 4 is 17.7 Å². The lowest BCUT2D eigenvalue weighted by Crippen LogP contribution is -2.27. The Labute approximate surface area is 152 Å². The van der Waals surface area contributed by atoms with Gasteiger partial charge in [-0.05, 0) is 50.4 Å². The highest BCUT2D eigenvalue weighted by Gasteiger charge is 2.12. The highest BCUT2D eigenvalue weighted by molar-refractivity contribution is 5.69. The van der Waals surface area contributed by atoms with Gasteiger partial charge in [-0.3, -0.25) is 4.40 Å². The molecule has 0 amide bonds. The van der Waals surface area contributed by atoms with E-state index in [1.54, 1.807) is 12.1 Å². The third-order valence-corrected chi connectivity index (χ3v) is 4.91. The lowest BCUT2D eigenvalue weighted by Gasteiger charge is -2.20. The summed E-state index contributed by atoms with van der Waals surface area (Å²) in [5, 5.41) is 13.4. The maximum Gasteiger partial charge on any atom is 0.236 e. The van der Waals surface area contributed by atoms with E-state index in [1.165, 1.54) is 12.8 Å². The minimum Gasteiger partial charge on any atom is -0.507 e. The van der Waals surface area contributed by atoms with E-state index in [1.807, 2.05) is 35.0 Å². The molecule has 26 heavy (non-hydrogen) atoms. The van der Waals surface area contributed by atoms with E-state index >= 15 is 0 Å². The maximum atomic E-state index is 10.0. The molecule has 1 aliphatic rings. The number of hydrogen-bond donors (Lipinski definition) is 3. The van der Waals surface area contributed by atoms with Gasteiger partial charge in [0.15, 0.2) is 0 Å². The molecule has 0 bridgehead atoms. The quantitative estimate of drug-likeness (QED) is 0.674. The van der Waals surface area contributed by atoms with E-state index in [0.717, 1.165) is 31.0 Å². The number of nitrogen functional groups attached to an aromatic ring is 1. The molecule has 0 spiro atoms. The van der Waals surface area contributed by atoms with Crippen molar-refractivity contribution < 1.29 is 5.11 Å².